The lowest BCUT2D eigenvalue weighted by Gasteiger charge is -2.20. The summed E-state index contributed by atoms with van der Waals surface area (Å²) in [6.45, 7) is 2.08. The number of hydrogen-bond acceptors (Lipinski definition) is 0. The Balaban J connectivity index is 0.000000382. The van der Waals surface area contributed by atoms with Gasteiger partial charge in [-0.05, 0) is 84.1 Å². The molecule has 8 aromatic carbocycles. The van der Waals surface area contributed by atoms with Gasteiger partial charge < -0.3 is 0 Å². The van der Waals surface area contributed by atoms with Crippen molar-refractivity contribution in [3.63, 3.8) is 0 Å². The fourth-order valence-corrected chi connectivity index (χ4v) is 7.01. The Morgan fingerprint density at radius 3 is 1.16 bits per heavy atom. The lowest BCUT2D eigenvalue weighted by atomic mass is 9.82. The van der Waals surface area contributed by atoms with Crippen molar-refractivity contribution >= 4 is 21.5 Å². The van der Waals surface area contributed by atoms with Gasteiger partial charge in [-0.15, -0.1) is 0 Å². The summed E-state index contributed by atoms with van der Waals surface area (Å²) < 4.78 is 0. The number of fused-ring (bicyclic) bond motifs is 4. The maximum atomic E-state index is 2.36. The highest BCUT2D eigenvalue weighted by atomic mass is 14.3. The molecule has 0 heteroatoms. The zero-order valence-electron chi connectivity index (χ0n) is 25.2. The Morgan fingerprint density at radius 1 is 0.267 bits per heavy atom. The van der Waals surface area contributed by atoms with Crippen LogP contribution in [0.3, 0.4) is 0 Å². The zero-order valence-corrected chi connectivity index (χ0v) is 25.2. The van der Waals surface area contributed by atoms with E-state index in [9.17, 15) is 0 Å². The molecule has 212 valence electrons. The predicted molar refractivity (Wildman–Crippen MR) is 193 cm³/mol. The number of hydrogen-bond donors (Lipinski definition) is 0. The monoisotopic (exact) mass is 572 g/mol. The van der Waals surface area contributed by atoms with E-state index in [-0.39, 0.29) is 0 Å². The Labute approximate surface area is 264 Å². The molecule has 0 aromatic heterocycles. The van der Waals surface area contributed by atoms with Gasteiger partial charge in [-0.3, -0.25) is 0 Å². The van der Waals surface area contributed by atoms with E-state index in [4.69, 9.17) is 0 Å². The van der Waals surface area contributed by atoms with Gasteiger partial charge in [0.2, 0.25) is 0 Å². The second-order valence-corrected chi connectivity index (χ2v) is 11.7. The van der Waals surface area contributed by atoms with Crippen LogP contribution in [-0.4, -0.2) is 0 Å². The minimum Gasteiger partial charge on any atom is -0.0622 e. The zero-order chi connectivity index (χ0) is 30.2. The van der Waals surface area contributed by atoms with Crippen LogP contribution in [0.15, 0.2) is 176 Å². The summed E-state index contributed by atoms with van der Waals surface area (Å²) in [6.07, 6.45) is 0. The summed E-state index contributed by atoms with van der Waals surface area (Å²) in [4.78, 5) is 0. The van der Waals surface area contributed by atoms with E-state index in [0.29, 0.717) is 0 Å². The molecular weight excluding hydrogens is 540 g/mol. The van der Waals surface area contributed by atoms with Gasteiger partial charge in [0, 0.05) is 0 Å². The maximum Gasteiger partial charge on any atom is -0.000741 e. The Bertz CT molecular complexity index is 2190. The van der Waals surface area contributed by atoms with Crippen molar-refractivity contribution in [1.82, 2.24) is 0 Å². The minimum atomic E-state index is 1.25. The predicted octanol–water partition coefficient (Wildman–Crippen LogP) is 12.6. The van der Waals surface area contributed by atoms with Gasteiger partial charge in [-0.25, -0.2) is 0 Å². The average molecular weight is 573 g/mol. The molecule has 45 heavy (non-hydrogen) atoms. The lowest BCUT2D eigenvalue weighted by molar-refractivity contribution is 1.48. The molecule has 0 aliphatic heterocycles. The van der Waals surface area contributed by atoms with E-state index in [2.05, 4.69) is 165 Å². The van der Waals surface area contributed by atoms with Crippen LogP contribution in [0.25, 0.3) is 77.2 Å². The maximum absolute atomic E-state index is 2.36. The first-order valence-corrected chi connectivity index (χ1v) is 15.6. The van der Waals surface area contributed by atoms with Gasteiger partial charge in [0.05, 0.1) is 0 Å². The summed E-state index contributed by atoms with van der Waals surface area (Å²) in [6, 6.07) is 63.3. The third kappa shape index (κ3) is 4.63. The molecule has 0 atom stereocenters. The minimum absolute atomic E-state index is 1.25. The summed E-state index contributed by atoms with van der Waals surface area (Å²) >= 11 is 0. The van der Waals surface area contributed by atoms with Crippen LogP contribution in [-0.2, 0) is 0 Å². The molecule has 0 amide bonds. The summed E-state index contributed by atoms with van der Waals surface area (Å²) in [5.41, 5.74) is 14.4. The molecular formula is C45H32. The molecule has 8 aromatic rings. The number of aryl methyl sites for hydroxylation is 1. The molecule has 0 bridgehead atoms. The van der Waals surface area contributed by atoms with E-state index >= 15 is 0 Å². The van der Waals surface area contributed by atoms with Crippen LogP contribution in [0, 0.1) is 6.92 Å². The topological polar surface area (TPSA) is 0 Å². The van der Waals surface area contributed by atoms with Crippen LogP contribution in [0.2, 0.25) is 0 Å². The van der Waals surface area contributed by atoms with Crippen LogP contribution in [0.1, 0.15) is 5.56 Å². The molecule has 0 unspecified atom stereocenters. The Hall–Kier alpha value is -5.72. The van der Waals surface area contributed by atoms with Crippen LogP contribution < -0.4 is 0 Å². The first-order valence-electron chi connectivity index (χ1n) is 15.6. The van der Waals surface area contributed by atoms with Gasteiger partial charge in [-0.2, -0.15) is 0 Å². The Morgan fingerprint density at radius 2 is 0.667 bits per heavy atom. The summed E-state index contributed by atoms with van der Waals surface area (Å²) in [5.74, 6) is 0. The highest BCUT2D eigenvalue weighted by Gasteiger charge is 2.30. The van der Waals surface area contributed by atoms with Crippen molar-refractivity contribution in [2.75, 3.05) is 0 Å². The normalized spacial score (nSPS) is 11.2. The lowest BCUT2D eigenvalue weighted by Crippen LogP contribution is -1.93. The SMILES string of the molecule is Cc1ccccc1.c1ccc(-c2c3c(c(-c4ccccc4)c4ccccc24)-c2ccc(-c4ccccc4)c4cccc-3c24)cc1. The first kappa shape index (κ1) is 26.9. The number of rotatable bonds is 3. The summed E-state index contributed by atoms with van der Waals surface area (Å²) in [7, 11) is 0. The molecule has 0 fully saturated rings. The molecule has 9 rings (SSSR count). The third-order valence-corrected chi connectivity index (χ3v) is 8.95. The van der Waals surface area contributed by atoms with Crippen molar-refractivity contribution in [2.24, 2.45) is 0 Å². The molecule has 1 aliphatic carbocycles. The fourth-order valence-electron chi connectivity index (χ4n) is 7.01. The second-order valence-electron chi connectivity index (χ2n) is 11.7. The van der Waals surface area contributed by atoms with Crippen LogP contribution in [0.4, 0.5) is 0 Å². The smallest absolute Gasteiger partial charge is 0.000741 e. The van der Waals surface area contributed by atoms with Crippen molar-refractivity contribution in [1.29, 1.82) is 0 Å². The van der Waals surface area contributed by atoms with E-state index in [1.54, 1.807) is 0 Å². The standard InChI is InChI=1S/C38H24.C7H8/c1-4-13-25(14-5-1)28-23-24-33-36-29(28)21-12-22-32(36)37-34(26-15-6-2-7-16-26)30-19-10-11-20-31(30)35(38(33)37)27-17-8-3-9-18-27;1-7-5-3-2-4-6-7/h1-24H;2-6H,1H3. The van der Waals surface area contributed by atoms with Crippen LogP contribution in [0.5, 0.6) is 0 Å². The summed E-state index contributed by atoms with van der Waals surface area (Å²) in [5, 5.41) is 5.26. The number of benzene rings is 8. The van der Waals surface area contributed by atoms with Crippen molar-refractivity contribution in [3.8, 4) is 55.6 Å². The fraction of sp³-hybridized carbons (Fsp3) is 0.0222. The second kappa shape index (κ2) is 11.4. The van der Waals surface area contributed by atoms with Crippen molar-refractivity contribution in [2.45, 2.75) is 6.92 Å². The molecule has 0 nitrogen and oxygen atoms in total. The van der Waals surface area contributed by atoms with Gasteiger partial charge in [0.15, 0.2) is 0 Å². The van der Waals surface area contributed by atoms with E-state index in [1.165, 1.54) is 82.7 Å². The van der Waals surface area contributed by atoms with E-state index in [0.717, 1.165) is 0 Å². The highest BCUT2D eigenvalue weighted by molar-refractivity contribution is 6.28. The van der Waals surface area contributed by atoms with Crippen molar-refractivity contribution < 1.29 is 0 Å². The first-order chi connectivity index (χ1) is 22.3. The Kier molecular flexibility index (Phi) is 6.81. The van der Waals surface area contributed by atoms with E-state index < -0.39 is 0 Å². The van der Waals surface area contributed by atoms with Crippen molar-refractivity contribution in [3.05, 3.63) is 181 Å². The van der Waals surface area contributed by atoms with Gasteiger partial charge in [0.25, 0.3) is 0 Å². The van der Waals surface area contributed by atoms with Crippen LogP contribution >= 0.6 is 0 Å². The van der Waals surface area contributed by atoms with Gasteiger partial charge in [0.1, 0.15) is 0 Å². The molecule has 0 heterocycles. The quantitative estimate of drug-likeness (QED) is 0.197. The molecule has 0 N–H and O–H groups in total. The van der Waals surface area contributed by atoms with Gasteiger partial charge in [-0.1, -0.05) is 181 Å². The largest absolute Gasteiger partial charge is 0.0622 e. The molecule has 0 radical (unpaired) electrons. The highest BCUT2D eigenvalue weighted by Crippen LogP contribution is 2.58. The molecule has 0 spiro atoms. The van der Waals surface area contributed by atoms with Gasteiger partial charge >= 0.3 is 0 Å². The molecule has 1 aliphatic rings. The molecule has 0 saturated heterocycles. The van der Waals surface area contributed by atoms with E-state index in [1.807, 2.05) is 18.2 Å². The molecule has 0 saturated carbocycles. The average Bonchev–Trinajstić information content (AvgIpc) is 3.44. The third-order valence-electron chi connectivity index (χ3n) is 8.95.